The molecular weight excluding hydrogens is 334 g/mol. The number of allylic oxidation sites excluding steroid dienone is 4. The highest BCUT2D eigenvalue weighted by atomic mass is 16.6. The average Bonchev–Trinajstić information content (AvgIpc) is 2.99. The van der Waals surface area contributed by atoms with Gasteiger partial charge in [0.1, 0.15) is 17.6 Å². The van der Waals surface area contributed by atoms with Crippen LogP contribution in [0, 0.1) is 5.92 Å². The van der Waals surface area contributed by atoms with Crippen molar-refractivity contribution in [3.05, 3.63) is 48.0 Å². The third-order valence-corrected chi connectivity index (χ3v) is 5.62. The number of amides is 1. The van der Waals surface area contributed by atoms with Crippen LogP contribution in [-0.2, 0) is 14.2 Å². The lowest BCUT2D eigenvalue weighted by molar-refractivity contribution is 0.00529. The topological polar surface area (TPSA) is 68.2 Å². The molecule has 2 fully saturated rings. The quantitative estimate of drug-likeness (QED) is 0.829. The molecule has 0 aromatic heterocycles. The molecule has 0 bridgehead atoms. The molecule has 2 aliphatic carbocycles. The number of carbonyl (C=O) groups excluding carboxylic acids is 1. The number of aliphatic hydroxyl groups excluding tert-OH is 1. The van der Waals surface area contributed by atoms with Crippen molar-refractivity contribution in [3.63, 3.8) is 0 Å². The van der Waals surface area contributed by atoms with Crippen molar-refractivity contribution in [2.45, 2.75) is 50.5 Å². The Morgan fingerprint density at radius 1 is 1.27 bits per heavy atom. The summed E-state index contributed by atoms with van der Waals surface area (Å²) < 4.78 is 17.1. The molecular formula is C20H25NO5. The average molecular weight is 359 g/mol. The Labute approximate surface area is 153 Å². The van der Waals surface area contributed by atoms with Crippen LogP contribution in [0.3, 0.4) is 0 Å². The standard InChI is InChI=1S/C20H25NO5/c22-11-16-6-8-20(9-7-16)14-21(19(23)26-20)18-13-24-12-17(25-18)10-15-4-2-1-3-5-15/h1-2,4,12-13,16,22H,3,5-11,14H2. The summed E-state index contributed by atoms with van der Waals surface area (Å²) in [6, 6.07) is 0. The molecule has 1 spiro atoms. The maximum Gasteiger partial charge on any atom is 0.417 e. The van der Waals surface area contributed by atoms with E-state index in [1.807, 2.05) is 0 Å². The first-order valence-corrected chi connectivity index (χ1v) is 9.36. The first-order chi connectivity index (χ1) is 12.7. The first-order valence-electron chi connectivity index (χ1n) is 9.36. The van der Waals surface area contributed by atoms with Gasteiger partial charge in [-0.05, 0) is 44.4 Å². The van der Waals surface area contributed by atoms with E-state index >= 15 is 0 Å². The molecule has 6 heteroatoms. The van der Waals surface area contributed by atoms with Crippen LogP contribution in [0.2, 0.25) is 0 Å². The smallest absolute Gasteiger partial charge is 0.417 e. The second-order valence-electron chi connectivity index (χ2n) is 7.51. The zero-order valence-electron chi connectivity index (χ0n) is 14.9. The van der Waals surface area contributed by atoms with Crippen LogP contribution >= 0.6 is 0 Å². The largest absolute Gasteiger partial charge is 0.464 e. The fourth-order valence-electron chi connectivity index (χ4n) is 4.01. The van der Waals surface area contributed by atoms with E-state index in [0.717, 1.165) is 38.5 Å². The Morgan fingerprint density at radius 3 is 2.85 bits per heavy atom. The lowest BCUT2D eigenvalue weighted by Gasteiger charge is -2.34. The van der Waals surface area contributed by atoms with Crippen molar-refractivity contribution in [2.75, 3.05) is 13.2 Å². The number of nitrogens with zero attached hydrogens (tertiary/aromatic N) is 1. The van der Waals surface area contributed by atoms with Gasteiger partial charge in [0.2, 0.25) is 5.88 Å². The van der Waals surface area contributed by atoms with E-state index in [1.165, 1.54) is 16.7 Å². The summed E-state index contributed by atoms with van der Waals surface area (Å²) in [5.41, 5.74) is 0.816. The highest BCUT2D eigenvalue weighted by molar-refractivity contribution is 5.72. The molecule has 1 amide bonds. The Bertz CT molecular complexity index is 682. The van der Waals surface area contributed by atoms with Gasteiger partial charge >= 0.3 is 6.09 Å². The fourth-order valence-corrected chi connectivity index (χ4v) is 4.01. The lowest BCUT2D eigenvalue weighted by atomic mass is 9.79. The summed E-state index contributed by atoms with van der Waals surface area (Å²) in [4.78, 5) is 14.0. The highest BCUT2D eigenvalue weighted by Gasteiger charge is 2.49. The van der Waals surface area contributed by atoms with E-state index in [0.29, 0.717) is 30.5 Å². The van der Waals surface area contributed by atoms with E-state index in [-0.39, 0.29) is 12.7 Å². The summed E-state index contributed by atoms with van der Waals surface area (Å²) in [6.07, 6.45) is 15.0. The van der Waals surface area contributed by atoms with Gasteiger partial charge < -0.3 is 19.3 Å². The van der Waals surface area contributed by atoms with Gasteiger partial charge in [0.15, 0.2) is 6.26 Å². The molecule has 0 radical (unpaired) electrons. The lowest BCUT2D eigenvalue weighted by Crippen LogP contribution is -2.39. The van der Waals surface area contributed by atoms with Crippen LogP contribution in [0.25, 0.3) is 0 Å². The van der Waals surface area contributed by atoms with Crippen LogP contribution < -0.4 is 0 Å². The van der Waals surface area contributed by atoms with Crippen molar-refractivity contribution in [1.29, 1.82) is 0 Å². The van der Waals surface area contributed by atoms with E-state index in [1.54, 1.807) is 6.26 Å². The van der Waals surface area contributed by atoms with Crippen LogP contribution in [0.4, 0.5) is 4.79 Å². The minimum absolute atomic E-state index is 0.203. The van der Waals surface area contributed by atoms with Crippen LogP contribution in [0.5, 0.6) is 0 Å². The van der Waals surface area contributed by atoms with Crippen molar-refractivity contribution >= 4 is 6.09 Å². The second kappa shape index (κ2) is 7.19. The number of hydrogen-bond acceptors (Lipinski definition) is 5. The molecule has 6 nitrogen and oxygen atoms in total. The molecule has 0 aromatic carbocycles. The number of rotatable bonds is 4. The zero-order chi connectivity index (χ0) is 18.0. The summed E-state index contributed by atoms with van der Waals surface area (Å²) in [5, 5.41) is 9.32. The third kappa shape index (κ3) is 3.51. The molecule has 140 valence electrons. The predicted molar refractivity (Wildman–Crippen MR) is 94.4 cm³/mol. The molecule has 1 saturated heterocycles. The number of ether oxygens (including phenoxy) is 3. The van der Waals surface area contributed by atoms with Gasteiger partial charge in [0.05, 0.1) is 6.54 Å². The zero-order valence-corrected chi connectivity index (χ0v) is 14.9. The van der Waals surface area contributed by atoms with E-state index in [2.05, 4.69) is 18.2 Å². The van der Waals surface area contributed by atoms with Gasteiger partial charge in [-0.1, -0.05) is 23.8 Å². The van der Waals surface area contributed by atoms with E-state index < -0.39 is 5.60 Å². The highest BCUT2D eigenvalue weighted by Crippen LogP contribution is 2.41. The maximum absolute atomic E-state index is 12.4. The van der Waals surface area contributed by atoms with Crippen LogP contribution in [0.1, 0.15) is 44.9 Å². The Kier molecular flexibility index (Phi) is 4.76. The molecule has 0 unspecified atom stereocenters. The summed E-state index contributed by atoms with van der Waals surface area (Å²) >= 11 is 0. The predicted octanol–water partition coefficient (Wildman–Crippen LogP) is 3.71. The number of aliphatic hydroxyl groups is 1. The summed E-state index contributed by atoms with van der Waals surface area (Å²) in [7, 11) is 0. The van der Waals surface area contributed by atoms with E-state index in [9.17, 15) is 9.90 Å². The van der Waals surface area contributed by atoms with E-state index in [4.69, 9.17) is 14.2 Å². The minimum atomic E-state index is -0.467. The Hall–Kier alpha value is -2.21. The number of carbonyl (C=O) groups is 1. The molecule has 2 aliphatic heterocycles. The van der Waals surface area contributed by atoms with Crippen molar-refractivity contribution in [2.24, 2.45) is 5.92 Å². The van der Waals surface area contributed by atoms with Gasteiger partial charge in [-0.25, -0.2) is 9.69 Å². The monoisotopic (exact) mass is 359 g/mol. The molecule has 0 aromatic rings. The van der Waals surface area contributed by atoms with Gasteiger partial charge in [-0.2, -0.15) is 0 Å². The third-order valence-electron chi connectivity index (χ3n) is 5.62. The van der Waals surface area contributed by atoms with Crippen LogP contribution in [-0.4, -0.2) is 34.9 Å². The maximum atomic E-state index is 12.4. The molecule has 2 heterocycles. The Morgan fingerprint density at radius 2 is 2.12 bits per heavy atom. The summed E-state index contributed by atoms with van der Waals surface area (Å²) in [6.45, 7) is 0.674. The summed E-state index contributed by atoms with van der Waals surface area (Å²) in [5.74, 6) is 1.40. The fraction of sp³-hybridized carbons (Fsp3) is 0.550. The molecule has 4 rings (SSSR count). The molecule has 4 aliphatic rings. The van der Waals surface area contributed by atoms with Gasteiger partial charge in [-0.15, -0.1) is 0 Å². The second-order valence-corrected chi connectivity index (χ2v) is 7.51. The minimum Gasteiger partial charge on any atom is -0.464 e. The first kappa shape index (κ1) is 17.2. The van der Waals surface area contributed by atoms with Crippen molar-refractivity contribution in [1.82, 2.24) is 4.90 Å². The molecule has 1 saturated carbocycles. The van der Waals surface area contributed by atoms with Crippen LogP contribution in [0.15, 0.2) is 48.0 Å². The molecule has 1 N–H and O–H groups in total. The normalized spacial score (nSPS) is 31.0. The SMILES string of the molecule is O=C1OC2(CCC(CO)CC2)CN1C1=COC=C(CC2=CC=CCC2)O1. The van der Waals surface area contributed by atoms with Gasteiger partial charge in [0.25, 0.3) is 0 Å². The number of hydrogen-bond donors (Lipinski definition) is 1. The molecule has 0 atom stereocenters. The van der Waals surface area contributed by atoms with Gasteiger partial charge in [-0.3, -0.25) is 0 Å². The Balaban J connectivity index is 1.38. The van der Waals surface area contributed by atoms with Crippen molar-refractivity contribution in [3.8, 4) is 0 Å². The molecule has 26 heavy (non-hydrogen) atoms. The van der Waals surface area contributed by atoms with Crippen molar-refractivity contribution < 1.29 is 24.1 Å². The van der Waals surface area contributed by atoms with Gasteiger partial charge in [0, 0.05) is 13.0 Å².